The summed E-state index contributed by atoms with van der Waals surface area (Å²) < 4.78 is 2.19. The van der Waals surface area contributed by atoms with Gasteiger partial charge in [0.1, 0.15) is 5.82 Å². The fourth-order valence-electron chi connectivity index (χ4n) is 2.39. The van der Waals surface area contributed by atoms with Gasteiger partial charge in [0.05, 0.1) is 17.6 Å². The quantitative estimate of drug-likeness (QED) is 0.735. The summed E-state index contributed by atoms with van der Waals surface area (Å²) in [6, 6.07) is 13.5. The largest absolute Gasteiger partial charge is 0.378 e. The van der Waals surface area contributed by atoms with Crippen LogP contribution in [0, 0.1) is 0 Å². The Morgan fingerprint density at radius 2 is 1.76 bits per heavy atom. The van der Waals surface area contributed by atoms with E-state index in [4.69, 9.17) is 23.2 Å². The number of benzene rings is 2. The minimum absolute atomic E-state index is 0.655. The molecule has 108 valence electrons. The first-order chi connectivity index (χ1) is 10.2. The highest BCUT2D eigenvalue weighted by molar-refractivity contribution is 6.31. The zero-order valence-corrected chi connectivity index (χ0v) is 13.1. The third-order valence-electron chi connectivity index (χ3n) is 3.40. The number of imidazole rings is 1. The van der Waals surface area contributed by atoms with E-state index in [0.717, 1.165) is 34.1 Å². The van der Waals surface area contributed by atoms with E-state index >= 15 is 0 Å². The van der Waals surface area contributed by atoms with Crippen LogP contribution >= 0.6 is 23.2 Å². The molecule has 5 heteroatoms. The van der Waals surface area contributed by atoms with E-state index in [9.17, 15) is 0 Å². The van der Waals surface area contributed by atoms with Gasteiger partial charge in [-0.1, -0.05) is 23.2 Å². The Morgan fingerprint density at radius 1 is 1.05 bits per heavy atom. The fraction of sp³-hybridized carbons (Fsp3) is 0.188. The van der Waals surface area contributed by atoms with E-state index < -0.39 is 0 Å². The second-order valence-corrected chi connectivity index (χ2v) is 5.64. The Bertz CT molecular complexity index is 763. The van der Waals surface area contributed by atoms with Crippen LogP contribution in [-0.4, -0.2) is 9.55 Å². The smallest absolute Gasteiger partial charge is 0.129 e. The number of hydrogen-bond donors (Lipinski definition) is 1. The molecule has 0 amide bonds. The van der Waals surface area contributed by atoms with E-state index in [1.54, 1.807) is 0 Å². The lowest BCUT2D eigenvalue weighted by Crippen LogP contribution is -2.07. The molecule has 0 fully saturated rings. The maximum Gasteiger partial charge on any atom is 0.129 e. The van der Waals surface area contributed by atoms with Crippen LogP contribution in [-0.2, 0) is 13.1 Å². The number of hydrogen-bond acceptors (Lipinski definition) is 2. The average Bonchev–Trinajstić information content (AvgIpc) is 2.83. The first-order valence-electron chi connectivity index (χ1n) is 6.81. The first kappa shape index (κ1) is 14.2. The van der Waals surface area contributed by atoms with Crippen molar-refractivity contribution in [3.05, 3.63) is 58.3 Å². The Morgan fingerprint density at radius 3 is 2.48 bits per heavy atom. The lowest BCUT2D eigenvalue weighted by atomic mass is 10.3. The summed E-state index contributed by atoms with van der Waals surface area (Å²) in [4.78, 5) is 4.67. The van der Waals surface area contributed by atoms with Crippen molar-refractivity contribution in [2.75, 3.05) is 5.32 Å². The molecule has 0 saturated carbocycles. The maximum atomic E-state index is 6.03. The highest BCUT2D eigenvalue weighted by Gasteiger charge is 2.09. The van der Waals surface area contributed by atoms with Crippen molar-refractivity contribution in [2.45, 2.75) is 20.0 Å². The molecule has 3 nitrogen and oxygen atoms in total. The van der Waals surface area contributed by atoms with E-state index in [-0.39, 0.29) is 0 Å². The summed E-state index contributed by atoms with van der Waals surface area (Å²) in [7, 11) is 0. The molecular formula is C16H15Cl2N3. The molecule has 0 aliphatic carbocycles. The van der Waals surface area contributed by atoms with Crippen LogP contribution in [0.4, 0.5) is 5.69 Å². The fourth-order valence-corrected chi connectivity index (χ4v) is 2.68. The summed E-state index contributed by atoms with van der Waals surface area (Å²) in [6.07, 6.45) is 0. The van der Waals surface area contributed by atoms with E-state index in [0.29, 0.717) is 11.6 Å². The molecule has 21 heavy (non-hydrogen) atoms. The molecule has 1 N–H and O–H groups in total. The van der Waals surface area contributed by atoms with Crippen molar-refractivity contribution in [3.63, 3.8) is 0 Å². The Labute approximate surface area is 133 Å². The third-order valence-corrected chi connectivity index (χ3v) is 3.89. The molecule has 2 aromatic carbocycles. The van der Waals surface area contributed by atoms with E-state index in [1.165, 1.54) is 0 Å². The van der Waals surface area contributed by atoms with Crippen LogP contribution in [0.5, 0.6) is 0 Å². The van der Waals surface area contributed by atoms with Crippen molar-refractivity contribution >= 4 is 39.9 Å². The van der Waals surface area contributed by atoms with Gasteiger partial charge in [0, 0.05) is 22.3 Å². The molecule has 3 rings (SSSR count). The Hall–Kier alpha value is -1.71. The summed E-state index contributed by atoms with van der Waals surface area (Å²) >= 11 is 11.9. The summed E-state index contributed by atoms with van der Waals surface area (Å²) in [6.45, 7) is 3.64. The molecule has 0 aliphatic rings. The van der Waals surface area contributed by atoms with Crippen LogP contribution in [0.15, 0.2) is 42.5 Å². The Balaban J connectivity index is 1.87. The van der Waals surface area contributed by atoms with Crippen molar-refractivity contribution < 1.29 is 0 Å². The molecule has 3 aromatic rings. The zero-order chi connectivity index (χ0) is 14.8. The number of aryl methyl sites for hydroxylation is 1. The third kappa shape index (κ3) is 2.99. The zero-order valence-electron chi connectivity index (χ0n) is 11.6. The molecule has 1 heterocycles. The molecule has 0 atom stereocenters. The van der Waals surface area contributed by atoms with Crippen LogP contribution < -0.4 is 5.32 Å². The van der Waals surface area contributed by atoms with Crippen LogP contribution in [0.25, 0.3) is 11.0 Å². The number of fused-ring (bicyclic) bond motifs is 1. The lowest BCUT2D eigenvalue weighted by Gasteiger charge is -2.08. The van der Waals surface area contributed by atoms with Gasteiger partial charge < -0.3 is 9.88 Å². The maximum absolute atomic E-state index is 6.03. The highest BCUT2D eigenvalue weighted by Crippen LogP contribution is 2.21. The molecule has 0 unspecified atom stereocenters. The average molecular weight is 320 g/mol. The normalized spacial score (nSPS) is 11.0. The topological polar surface area (TPSA) is 29.9 Å². The van der Waals surface area contributed by atoms with Gasteiger partial charge in [-0.3, -0.25) is 0 Å². The summed E-state index contributed by atoms with van der Waals surface area (Å²) in [5.41, 5.74) is 3.05. The predicted octanol–water partition coefficient (Wildman–Crippen LogP) is 4.98. The van der Waals surface area contributed by atoms with Gasteiger partial charge in [-0.25, -0.2) is 4.98 Å². The van der Waals surface area contributed by atoms with Crippen molar-refractivity contribution in [2.24, 2.45) is 0 Å². The van der Waals surface area contributed by atoms with Gasteiger partial charge in [0.15, 0.2) is 0 Å². The van der Waals surface area contributed by atoms with E-state index in [1.807, 2.05) is 42.5 Å². The summed E-state index contributed by atoms with van der Waals surface area (Å²) in [5.74, 6) is 0.990. The van der Waals surface area contributed by atoms with Gasteiger partial charge in [-0.05, 0) is 49.4 Å². The molecular weight excluding hydrogens is 305 g/mol. The Kier molecular flexibility index (Phi) is 4.04. The van der Waals surface area contributed by atoms with Crippen LogP contribution in [0.1, 0.15) is 12.7 Å². The highest BCUT2D eigenvalue weighted by atomic mass is 35.5. The van der Waals surface area contributed by atoms with Crippen molar-refractivity contribution in [3.8, 4) is 0 Å². The molecule has 1 aromatic heterocycles. The number of nitrogens with one attached hydrogen (secondary N) is 1. The monoisotopic (exact) mass is 319 g/mol. The molecule has 0 aliphatic heterocycles. The minimum Gasteiger partial charge on any atom is -0.378 e. The SMILES string of the molecule is CCn1c(CNc2ccc(Cl)cc2)nc2cc(Cl)ccc21. The number of halogens is 2. The van der Waals surface area contributed by atoms with Crippen LogP contribution in [0.2, 0.25) is 10.0 Å². The number of anilines is 1. The molecule has 0 bridgehead atoms. The van der Waals surface area contributed by atoms with Gasteiger partial charge >= 0.3 is 0 Å². The summed E-state index contributed by atoms with van der Waals surface area (Å²) in [5, 5.41) is 4.80. The standard InChI is InChI=1S/C16H15Cl2N3/c1-2-21-15-8-5-12(18)9-14(15)20-16(21)10-19-13-6-3-11(17)4-7-13/h3-9,19H,2,10H2,1H3. The number of rotatable bonds is 4. The minimum atomic E-state index is 0.655. The molecule has 0 spiro atoms. The second kappa shape index (κ2) is 5.96. The van der Waals surface area contributed by atoms with Crippen molar-refractivity contribution in [1.82, 2.24) is 9.55 Å². The van der Waals surface area contributed by atoms with Crippen molar-refractivity contribution in [1.29, 1.82) is 0 Å². The second-order valence-electron chi connectivity index (χ2n) is 4.77. The number of nitrogens with zero attached hydrogens (tertiary/aromatic N) is 2. The van der Waals surface area contributed by atoms with Gasteiger partial charge in [-0.2, -0.15) is 0 Å². The van der Waals surface area contributed by atoms with E-state index in [2.05, 4.69) is 21.8 Å². The van der Waals surface area contributed by atoms with Gasteiger partial charge in [0.25, 0.3) is 0 Å². The first-order valence-corrected chi connectivity index (χ1v) is 7.57. The number of aromatic nitrogens is 2. The molecule has 0 radical (unpaired) electrons. The molecule has 0 saturated heterocycles. The van der Waals surface area contributed by atoms with Crippen LogP contribution in [0.3, 0.4) is 0 Å². The van der Waals surface area contributed by atoms with Gasteiger partial charge in [-0.15, -0.1) is 0 Å². The lowest BCUT2D eigenvalue weighted by molar-refractivity contribution is 0.729. The van der Waals surface area contributed by atoms with Gasteiger partial charge in [0.2, 0.25) is 0 Å². The predicted molar refractivity (Wildman–Crippen MR) is 89.2 cm³/mol.